The minimum Gasteiger partial charge on any atom is -0.492 e. The first-order chi connectivity index (χ1) is 5.42. The Labute approximate surface area is 74.9 Å². The van der Waals surface area contributed by atoms with E-state index in [1.165, 1.54) is 16.4 Å². The zero-order chi connectivity index (χ0) is 7.68. The predicted molar refractivity (Wildman–Crippen MR) is 50.5 cm³/mol. The normalized spacial score (nSPS) is 14.3. The van der Waals surface area contributed by atoms with Crippen molar-refractivity contribution in [2.45, 2.75) is 11.3 Å². The topological polar surface area (TPSA) is 9.23 Å². The van der Waals surface area contributed by atoms with E-state index in [4.69, 9.17) is 4.74 Å². The van der Waals surface area contributed by atoms with Crippen LogP contribution in [0.3, 0.4) is 0 Å². The summed E-state index contributed by atoms with van der Waals surface area (Å²) in [6.07, 6.45) is 1.04. The van der Waals surface area contributed by atoms with Crippen LogP contribution in [0.15, 0.2) is 23.1 Å². The largest absolute Gasteiger partial charge is 0.492 e. The molecule has 58 valence electrons. The molecule has 1 aromatic carbocycles. The van der Waals surface area contributed by atoms with Crippen molar-refractivity contribution in [1.29, 1.82) is 0 Å². The van der Waals surface area contributed by atoms with E-state index in [0.717, 1.165) is 23.7 Å². The Hall–Kier alpha value is -0.280. The van der Waals surface area contributed by atoms with Gasteiger partial charge in [0, 0.05) is 6.42 Å². The third kappa shape index (κ3) is 1.23. The predicted octanol–water partition coefficient (Wildman–Crippen LogP) is 2.56. The second-order valence-electron chi connectivity index (χ2n) is 2.43. The molecule has 0 amide bonds. The van der Waals surface area contributed by atoms with Crippen molar-refractivity contribution in [2.24, 2.45) is 0 Å². The Kier molecular flexibility index (Phi) is 2.00. The fourth-order valence-electron chi connectivity index (χ4n) is 1.26. The highest BCUT2D eigenvalue weighted by Gasteiger charge is 2.14. The van der Waals surface area contributed by atoms with Gasteiger partial charge in [0.2, 0.25) is 0 Å². The Balaban J connectivity index is 2.50. The number of para-hydroxylation sites is 1. The molecule has 0 atom stereocenters. The summed E-state index contributed by atoms with van der Waals surface area (Å²) in [4.78, 5) is 1.13. The van der Waals surface area contributed by atoms with Crippen LogP contribution in [-0.4, -0.2) is 6.61 Å². The van der Waals surface area contributed by atoms with Crippen molar-refractivity contribution in [2.75, 3.05) is 6.61 Å². The van der Waals surface area contributed by atoms with Crippen LogP contribution in [0.5, 0.6) is 5.75 Å². The number of hydrogen-bond acceptors (Lipinski definition) is 3. The summed E-state index contributed by atoms with van der Waals surface area (Å²) < 4.78 is 5.45. The van der Waals surface area contributed by atoms with E-state index in [1.54, 1.807) is 0 Å². The van der Waals surface area contributed by atoms with Gasteiger partial charge in [0.1, 0.15) is 5.75 Å². The van der Waals surface area contributed by atoms with Crippen LogP contribution >= 0.6 is 22.5 Å². The van der Waals surface area contributed by atoms with E-state index >= 15 is 0 Å². The molecule has 1 aliphatic rings. The van der Waals surface area contributed by atoms with Gasteiger partial charge in [0.25, 0.3) is 0 Å². The van der Waals surface area contributed by atoms with Gasteiger partial charge in [0.05, 0.1) is 11.5 Å². The molecule has 1 heterocycles. The quantitative estimate of drug-likeness (QED) is 0.530. The molecule has 1 aromatic rings. The van der Waals surface area contributed by atoms with Gasteiger partial charge in [-0.3, -0.25) is 0 Å². The Bertz CT molecular complexity index is 273. The molecule has 0 saturated carbocycles. The molecule has 3 heteroatoms. The van der Waals surface area contributed by atoms with Gasteiger partial charge >= 0.3 is 0 Å². The molecule has 0 bridgehead atoms. The minimum absolute atomic E-state index is 0.820. The summed E-state index contributed by atoms with van der Waals surface area (Å²) >= 11 is 4.15. The molecular weight excluding hydrogens is 176 g/mol. The summed E-state index contributed by atoms with van der Waals surface area (Å²) in [7, 11) is 1.44. The highest BCUT2D eigenvalue weighted by Crippen LogP contribution is 2.37. The SMILES string of the molecule is SSc1cccc2c1OCC2. The van der Waals surface area contributed by atoms with Gasteiger partial charge in [0.15, 0.2) is 0 Å². The maximum absolute atomic E-state index is 5.45. The van der Waals surface area contributed by atoms with E-state index in [0.29, 0.717) is 0 Å². The monoisotopic (exact) mass is 184 g/mol. The molecule has 0 aromatic heterocycles. The van der Waals surface area contributed by atoms with Gasteiger partial charge < -0.3 is 4.74 Å². The van der Waals surface area contributed by atoms with Crippen LogP contribution in [0.4, 0.5) is 0 Å². The van der Waals surface area contributed by atoms with Crippen molar-refractivity contribution >= 4 is 22.5 Å². The molecule has 1 aliphatic heterocycles. The third-order valence-corrected chi connectivity index (χ3v) is 2.88. The van der Waals surface area contributed by atoms with Crippen LogP contribution in [0, 0.1) is 0 Å². The molecule has 0 unspecified atom stereocenters. The lowest BCUT2D eigenvalue weighted by molar-refractivity contribution is 0.350. The Morgan fingerprint density at radius 2 is 2.36 bits per heavy atom. The highest BCUT2D eigenvalue weighted by molar-refractivity contribution is 8.68. The molecule has 0 fully saturated rings. The average molecular weight is 184 g/mol. The van der Waals surface area contributed by atoms with Crippen LogP contribution < -0.4 is 4.74 Å². The van der Waals surface area contributed by atoms with Crippen LogP contribution in [0.2, 0.25) is 0 Å². The number of hydrogen-bond donors (Lipinski definition) is 1. The van der Waals surface area contributed by atoms with Gasteiger partial charge in [-0.05, 0) is 11.6 Å². The van der Waals surface area contributed by atoms with Crippen molar-refractivity contribution < 1.29 is 4.74 Å². The maximum Gasteiger partial charge on any atom is 0.137 e. The van der Waals surface area contributed by atoms with Crippen LogP contribution in [0.1, 0.15) is 5.56 Å². The smallest absolute Gasteiger partial charge is 0.137 e. The Morgan fingerprint density at radius 1 is 1.45 bits per heavy atom. The summed E-state index contributed by atoms with van der Waals surface area (Å²) in [5.41, 5.74) is 1.31. The second kappa shape index (κ2) is 2.99. The second-order valence-corrected chi connectivity index (χ2v) is 3.60. The molecule has 0 N–H and O–H groups in total. The number of fused-ring (bicyclic) bond motifs is 1. The lowest BCUT2D eigenvalue weighted by Gasteiger charge is -2.02. The summed E-state index contributed by atoms with van der Waals surface area (Å²) in [6.45, 7) is 0.820. The van der Waals surface area contributed by atoms with E-state index in [9.17, 15) is 0 Å². The number of rotatable bonds is 1. The zero-order valence-corrected chi connectivity index (χ0v) is 7.62. The lowest BCUT2D eigenvalue weighted by Crippen LogP contribution is -1.86. The number of ether oxygens (including phenoxy) is 1. The molecule has 0 saturated heterocycles. The third-order valence-electron chi connectivity index (χ3n) is 1.78. The van der Waals surface area contributed by atoms with Gasteiger partial charge in [-0.15, -0.1) is 11.7 Å². The van der Waals surface area contributed by atoms with Crippen molar-refractivity contribution in [3.8, 4) is 5.75 Å². The molecule has 0 radical (unpaired) electrons. The van der Waals surface area contributed by atoms with Gasteiger partial charge in [-0.25, -0.2) is 0 Å². The fraction of sp³-hybridized carbons (Fsp3) is 0.250. The van der Waals surface area contributed by atoms with Crippen LogP contribution in [-0.2, 0) is 6.42 Å². The van der Waals surface area contributed by atoms with Crippen molar-refractivity contribution in [3.63, 3.8) is 0 Å². The molecule has 11 heavy (non-hydrogen) atoms. The molecule has 1 nitrogen and oxygen atoms in total. The average Bonchev–Trinajstić information content (AvgIpc) is 2.50. The van der Waals surface area contributed by atoms with Gasteiger partial charge in [-0.1, -0.05) is 22.9 Å². The summed E-state index contributed by atoms with van der Waals surface area (Å²) in [6, 6.07) is 6.18. The standard InChI is InChI=1S/C8H8OS2/c10-11-7-3-1-2-6-4-5-9-8(6)7/h1-3,10H,4-5H2. The zero-order valence-electron chi connectivity index (χ0n) is 5.91. The van der Waals surface area contributed by atoms with E-state index in [1.807, 2.05) is 12.1 Å². The molecule has 2 rings (SSSR count). The first kappa shape index (κ1) is 7.37. The van der Waals surface area contributed by atoms with Gasteiger partial charge in [-0.2, -0.15) is 0 Å². The van der Waals surface area contributed by atoms with E-state index < -0.39 is 0 Å². The highest BCUT2D eigenvalue weighted by atomic mass is 33.1. The maximum atomic E-state index is 5.45. The molecule has 0 aliphatic carbocycles. The molecular formula is C8H8OS2. The first-order valence-electron chi connectivity index (χ1n) is 3.48. The minimum atomic E-state index is 0.820. The number of benzene rings is 1. The van der Waals surface area contributed by atoms with Crippen molar-refractivity contribution in [3.05, 3.63) is 23.8 Å². The van der Waals surface area contributed by atoms with Crippen LogP contribution in [0.25, 0.3) is 0 Å². The summed E-state index contributed by atoms with van der Waals surface area (Å²) in [5.74, 6) is 1.03. The summed E-state index contributed by atoms with van der Waals surface area (Å²) in [5, 5.41) is 0. The van der Waals surface area contributed by atoms with Crippen molar-refractivity contribution in [1.82, 2.24) is 0 Å². The number of thiol groups is 1. The Morgan fingerprint density at radius 3 is 3.18 bits per heavy atom. The lowest BCUT2D eigenvalue weighted by atomic mass is 10.2. The first-order valence-corrected chi connectivity index (χ1v) is 5.35. The molecule has 0 spiro atoms. The fourth-order valence-corrected chi connectivity index (χ4v) is 2.10. The van der Waals surface area contributed by atoms with E-state index in [-0.39, 0.29) is 0 Å². The van der Waals surface area contributed by atoms with E-state index in [2.05, 4.69) is 17.7 Å².